The van der Waals surface area contributed by atoms with E-state index < -0.39 is 0 Å². The fourth-order valence-electron chi connectivity index (χ4n) is 3.45. The summed E-state index contributed by atoms with van der Waals surface area (Å²) in [6.07, 6.45) is 0.962. The van der Waals surface area contributed by atoms with Gasteiger partial charge in [-0.2, -0.15) is 0 Å². The third kappa shape index (κ3) is 4.33. The van der Waals surface area contributed by atoms with Crippen molar-refractivity contribution in [1.29, 1.82) is 0 Å². The third-order valence-electron chi connectivity index (χ3n) is 4.81. The minimum Gasteiger partial charge on any atom is -0.355 e. The number of piperazine rings is 1. The lowest BCUT2D eigenvalue weighted by Crippen LogP contribution is -2.47. The fraction of sp³-hybridized carbons (Fsp3) is 0.556. The molecule has 0 radical (unpaired) electrons. The molecule has 2 fully saturated rings. The quantitative estimate of drug-likeness (QED) is 0.837. The standard InChI is InChI=1S/C18H26N4O2/c23-17-14-16(15-4-2-1-3-5-15)21(13-9-20-17)10-6-18(24)22-11-7-19-8-12-22/h1-5,16,19H,6-14H2,(H,20,23). The summed E-state index contributed by atoms with van der Waals surface area (Å²) in [7, 11) is 0. The van der Waals surface area contributed by atoms with E-state index in [0.717, 1.165) is 38.3 Å². The lowest BCUT2D eigenvalue weighted by atomic mass is 10.0. The highest BCUT2D eigenvalue weighted by atomic mass is 16.2. The molecule has 1 aromatic carbocycles. The van der Waals surface area contributed by atoms with Crippen LogP contribution in [0.4, 0.5) is 0 Å². The second-order valence-corrected chi connectivity index (χ2v) is 6.40. The average Bonchev–Trinajstić information content (AvgIpc) is 2.82. The minimum absolute atomic E-state index is 0.0459. The molecule has 2 N–H and O–H groups in total. The van der Waals surface area contributed by atoms with Gasteiger partial charge in [0.25, 0.3) is 0 Å². The van der Waals surface area contributed by atoms with Gasteiger partial charge >= 0.3 is 0 Å². The van der Waals surface area contributed by atoms with E-state index in [1.807, 2.05) is 23.1 Å². The number of nitrogens with one attached hydrogen (secondary N) is 2. The van der Waals surface area contributed by atoms with Crippen LogP contribution in [-0.4, -0.2) is 67.4 Å². The van der Waals surface area contributed by atoms with Crippen molar-refractivity contribution in [3.05, 3.63) is 35.9 Å². The summed E-state index contributed by atoms with van der Waals surface area (Å²) in [5.74, 6) is 0.298. The van der Waals surface area contributed by atoms with Gasteiger partial charge in [0.15, 0.2) is 0 Å². The van der Waals surface area contributed by atoms with Crippen molar-refractivity contribution in [3.63, 3.8) is 0 Å². The first kappa shape index (κ1) is 16.9. The number of benzene rings is 1. The van der Waals surface area contributed by atoms with Gasteiger partial charge in [-0.1, -0.05) is 30.3 Å². The van der Waals surface area contributed by atoms with Crippen LogP contribution in [0, 0.1) is 0 Å². The maximum atomic E-state index is 12.4. The first-order valence-corrected chi connectivity index (χ1v) is 8.78. The summed E-state index contributed by atoms with van der Waals surface area (Å²) in [5.41, 5.74) is 1.14. The van der Waals surface area contributed by atoms with Crippen molar-refractivity contribution in [2.24, 2.45) is 0 Å². The Bertz CT molecular complexity index is 557. The van der Waals surface area contributed by atoms with Crippen LogP contribution in [0.1, 0.15) is 24.4 Å². The van der Waals surface area contributed by atoms with Gasteiger partial charge in [0.05, 0.1) is 0 Å². The van der Waals surface area contributed by atoms with Gasteiger partial charge in [-0.25, -0.2) is 0 Å². The first-order valence-electron chi connectivity index (χ1n) is 8.78. The van der Waals surface area contributed by atoms with E-state index in [1.54, 1.807) is 0 Å². The van der Waals surface area contributed by atoms with E-state index in [9.17, 15) is 9.59 Å². The minimum atomic E-state index is 0.0459. The highest BCUT2D eigenvalue weighted by molar-refractivity contribution is 5.77. The molecule has 0 spiro atoms. The molecule has 24 heavy (non-hydrogen) atoms. The van der Waals surface area contributed by atoms with Crippen LogP contribution in [0.25, 0.3) is 0 Å². The van der Waals surface area contributed by atoms with E-state index in [4.69, 9.17) is 0 Å². The van der Waals surface area contributed by atoms with Crippen LogP contribution >= 0.6 is 0 Å². The molecule has 1 unspecified atom stereocenters. The molecule has 2 saturated heterocycles. The van der Waals surface area contributed by atoms with Crippen LogP contribution in [-0.2, 0) is 9.59 Å². The molecule has 6 heteroatoms. The van der Waals surface area contributed by atoms with Gasteiger partial charge in [-0.3, -0.25) is 14.5 Å². The van der Waals surface area contributed by atoms with Crippen LogP contribution in [0.3, 0.4) is 0 Å². The van der Waals surface area contributed by atoms with Crippen molar-refractivity contribution in [2.45, 2.75) is 18.9 Å². The lowest BCUT2D eigenvalue weighted by Gasteiger charge is -2.31. The Morgan fingerprint density at radius 3 is 2.58 bits per heavy atom. The highest BCUT2D eigenvalue weighted by Gasteiger charge is 2.27. The Labute approximate surface area is 143 Å². The third-order valence-corrected chi connectivity index (χ3v) is 4.81. The summed E-state index contributed by atoms with van der Waals surface area (Å²) in [4.78, 5) is 28.6. The second kappa shape index (κ2) is 8.26. The fourth-order valence-corrected chi connectivity index (χ4v) is 3.45. The molecule has 1 aromatic rings. The number of carbonyl (C=O) groups excluding carboxylic acids is 2. The monoisotopic (exact) mass is 330 g/mol. The molecular weight excluding hydrogens is 304 g/mol. The summed E-state index contributed by atoms with van der Waals surface area (Å²) in [5, 5.41) is 6.21. The molecule has 130 valence electrons. The number of rotatable bonds is 4. The zero-order valence-corrected chi connectivity index (χ0v) is 14.0. The van der Waals surface area contributed by atoms with Crippen molar-refractivity contribution < 1.29 is 9.59 Å². The maximum absolute atomic E-state index is 12.4. The van der Waals surface area contributed by atoms with Gasteiger partial charge in [-0.05, 0) is 5.56 Å². The molecule has 1 atom stereocenters. The Balaban J connectivity index is 1.64. The number of carbonyl (C=O) groups is 2. The van der Waals surface area contributed by atoms with Crippen molar-refractivity contribution >= 4 is 11.8 Å². The molecule has 0 bridgehead atoms. The molecule has 2 aliphatic rings. The summed E-state index contributed by atoms with van der Waals surface area (Å²) in [6.45, 7) is 5.45. The van der Waals surface area contributed by atoms with Gasteiger partial charge in [0, 0.05) is 64.7 Å². The van der Waals surface area contributed by atoms with Crippen LogP contribution < -0.4 is 10.6 Å². The molecule has 6 nitrogen and oxygen atoms in total. The summed E-state index contributed by atoms with van der Waals surface area (Å²) >= 11 is 0. The van der Waals surface area contributed by atoms with Crippen LogP contribution in [0.15, 0.2) is 30.3 Å². The van der Waals surface area contributed by atoms with Gasteiger partial charge in [0.1, 0.15) is 0 Å². The predicted octanol–water partition coefficient (Wildman–Crippen LogP) is 0.372. The second-order valence-electron chi connectivity index (χ2n) is 6.40. The number of amides is 2. The van der Waals surface area contributed by atoms with Gasteiger partial charge < -0.3 is 15.5 Å². The smallest absolute Gasteiger partial charge is 0.223 e. The van der Waals surface area contributed by atoms with Gasteiger partial charge in [-0.15, -0.1) is 0 Å². The van der Waals surface area contributed by atoms with Crippen molar-refractivity contribution in [1.82, 2.24) is 20.4 Å². The molecular formula is C18H26N4O2. The van der Waals surface area contributed by atoms with Crippen molar-refractivity contribution in [3.8, 4) is 0 Å². The van der Waals surface area contributed by atoms with E-state index in [0.29, 0.717) is 25.9 Å². The predicted molar refractivity (Wildman–Crippen MR) is 92.4 cm³/mol. The average molecular weight is 330 g/mol. The summed E-state index contributed by atoms with van der Waals surface area (Å²) in [6, 6.07) is 10.2. The maximum Gasteiger partial charge on any atom is 0.223 e. The summed E-state index contributed by atoms with van der Waals surface area (Å²) < 4.78 is 0. The Hall–Kier alpha value is -1.92. The highest BCUT2D eigenvalue weighted by Crippen LogP contribution is 2.25. The zero-order valence-electron chi connectivity index (χ0n) is 14.0. The van der Waals surface area contributed by atoms with E-state index in [1.165, 1.54) is 0 Å². The number of nitrogens with zero attached hydrogens (tertiary/aromatic N) is 2. The Kier molecular flexibility index (Phi) is 5.82. The Morgan fingerprint density at radius 1 is 1.08 bits per heavy atom. The van der Waals surface area contributed by atoms with E-state index in [2.05, 4.69) is 27.7 Å². The molecule has 2 amide bonds. The molecule has 0 saturated carbocycles. The topological polar surface area (TPSA) is 64.7 Å². The molecule has 2 heterocycles. The largest absolute Gasteiger partial charge is 0.355 e. The van der Waals surface area contributed by atoms with Crippen molar-refractivity contribution in [2.75, 3.05) is 45.8 Å². The van der Waals surface area contributed by atoms with Crippen LogP contribution in [0.5, 0.6) is 0 Å². The molecule has 3 rings (SSSR count). The zero-order chi connectivity index (χ0) is 16.8. The van der Waals surface area contributed by atoms with Gasteiger partial charge in [0.2, 0.25) is 11.8 Å². The van der Waals surface area contributed by atoms with E-state index >= 15 is 0 Å². The molecule has 0 aliphatic carbocycles. The molecule has 2 aliphatic heterocycles. The number of hydrogen-bond donors (Lipinski definition) is 2. The SMILES string of the molecule is O=C1CC(c2ccccc2)N(CCC(=O)N2CCNCC2)CCN1. The number of hydrogen-bond acceptors (Lipinski definition) is 4. The lowest BCUT2D eigenvalue weighted by molar-refractivity contribution is -0.132. The Morgan fingerprint density at radius 2 is 1.83 bits per heavy atom. The first-order chi connectivity index (χ1) is 11.7. The molecule has 0 aromatic heterocycles. The van der Waals surface area contributed by atoms with E-state index in [-0.39, 0.29) is 17.9 Å². The van der Waals surface area contributed by atoms with Crippen LogP contribution in [0.2, 0.25) is 0 Å². The normalized spacial score (nSPS) is 22.8.